The molecule has 88 valence electrons. The van der Waals surface area contributed by atoms with Crippen LogP contribution in [0.15, 0.2) is 34.9 Å². The molecule has 1 nitrogen and oxygen atoms in total. The van der Waals surface area contributed by atoms with Crippen LogP contribution in [0, 0.1) is 5.41 Å². The van der Waals surface area contributed by atoms with Crippen molar-refractivity contribution in [2.45, 2.75) is 47.0 Å². The highest BCUT2D eigenvalue weighted by molar-refractivity contribution is 5.67. The summed E-state index contributed by atoms with van der Waals surface area (Å²) < 4.78 is 0. The predicted molar refractivity (Wildman–Crippen MR) is 69.3 cm³/mol. The largest absolute Gasteiger partial charge is 0.299 e. The molecule has 0 fully saturated rings. The Morgan fingerprint density at radius 3 is 2.56 bits per heavy atom. The van der Waals surface area contributed by atoms with Gasteiger partial charge in [-0.1, -0.05) is 26.0 Å². The van der Waals surface area contributed by atoms with Gasteiger partial charge in [0.2, 0.25) is 0 Å². The van der Waals surface area contributed by atoms with Crippen molar-refractivity contribution in [1.82, 2.24) is 0 Å². The van der Waals surface area contributed by atoms with Gasteiger partial charge in [-0.25, -0.2) is 0 Å². The highest BCUT2D eigenvalue weighted by Gasteiger charge is 2.23. The molecule has 0 N–H and O–H groups in total. The Morgan fingerprint density at radius 2 is 2.00 bits per heavy atom. The van der Waals surface area contributed by atoms with Crippen LogP contribution in [0.4, 0.5) is 0 Å². The summed E-state index contributed by atoms with van der Waals surface area (Å²) in [5.41, 5.74) is 3.93. The van der Waals surface area contributed by atoms with E-state index >= 15 is 0 Å². The molecule has 0 spiro atoms. The van der Waals surface area contributed by atoms with Crippen molar-refractivity contribution in [1.29, 1.82) is 0 Å². The summed E-state index contributed by atoms with van der Waals surface area (Å²) >= 11 is 0. The molecule has 0 saturated heterocycles. The third-order valence-corrected chi connectivity index (χ3v) is 3.46. The normalized spacial score (nSPS) is 21.6. The van der Waals surface area contributed by atoms with Crippen molar-refractivity contribution < 1.29 is 4.79 Å². The Kier molecular flexibility index (Phi) is 4.28. The van der Waals surface area contributed by atoms with Gasteiger partial charge in [0.15, 0.2) is 0 Å². The van der Waals surface area contributed by atoms with E-state index in [0.717, 1.165) is 11.9 Å². The van der Waals surface area contributed by atoms with Crippen molar-refractivity contribution in [3.05, 3.63) is 34.9 Å². The van der Waals surface area contributed by atoms with Crippen LogP contribution in [0.5, 0.6) is 0 Å². The van der Waals surface area contributed by atoms with Crippen molar-refractivity contribution in [3.8, 4) is 0 Å². The maximum absolute atomic E-state index is 10.4. The van der Waals surface area contributed by atoms with E-state index in [0.29, 0.717) is 0 Å². The first kappa shape index (κ1) is 13.0. The lowest BCUT2D eigenvalue weighted by Gasteiger charge is -2.30. The lowest BCUT2D eigenvalue weighted by Crippen LogP contribution is -2.17. The lowest BCUT2D eigenvalue weighted by molar-refractivity contribution is -0.104. The molecule has 1 aliphatic carbocycles. The Morgan fingerprint density at radius 1 is 1.31 bits per heavy atom. The summed E-state index contributed by atoms with van der Waals surface area (Å²) in [4.78, 5) is 10.4. The van der Waals surface area contributed by atoms with Gasteiger partial charge in [-0.05, 0) is 61.3 Å². The van der Waals surface area contributed by atoms with Crippen LogP contribution in [0.25, 0.3) is 0 Å². The van der Waals surface area contributed by atoms with Gasteiger partial charge < -0.3 is 0 Å². The summed E-state index contributed by atoms with van der Waals surface area (Å²) in [5.74, 6) is 0. The molecule has 0 amide bonds. The molecule has 0 aromatic carbocycles. The Balaban J connectivity index is 2.94. The maximum atomic E-state index is 10.4. The molecule has 0 heterocycles. The van der Waals surface area contributed by atoms with Gasteiger partial charge in [0.05, 0.1) is 0 Å². The Bertz CT molecular complexity index is 354. The molecule has 0 bridgehead atoms. The first-order chi connectivity index (χ1) is 7.47. The van der Waals surface area contributed by atoms with E-state index < -0.39 is 0 Å². The molecule has 0 aromatic heterocycles. The summed E-state index contributed by atoms with van der Waals surface area (Å²) in [6.45, 7) is 8.64. The van der Waals surface area contributed by atoms with E-state index in [1.807, 2.05) is 6.92 Å². The zero-order chi connectivity index (χ0) is 12.2. The van der Waals surface area contributed by atoms with E-state index in [1.54, 1.807) is 6.08 Å². The van der Waals surface area contributed by atoms with E-state index in [4.69, 9.17) is 0 Å². The first-order valence-electron chi connectivity index (χ1n) is 5.99. The second-order valence-electron chi connectivity index (χ2n) is 5.25. The predicted octanol–water partition coefficient (Wildman–Crippen LogP) is 4.21. The molecule has 16 heavy (non-hydrogen) atoms. The Hall–Kier alpha value is -1.11. The minimum absolute atomic E-state index is 0.279. The first-order valence-corrected chi connectivity index (χ1v) is 5.99. The number of hydrogen-bond acceptors (Lipinski definition) is 1. The minimum Gasteiger partial charge on any atom is -0.299 e. The topological polar surface area (TPSA) is 17.1 Å². The maximum Gasteiger partial charge on any atom is 0.143 e. The molecule has 0 radical (unpaired) electrons. The molecule has 1 rings (SSSR count). The van der Waals surface area contributed by atoms with Gasteiger partial charge in [0.25, 0.3) is 0 Å². The number of rotatable bonds is 3. The van der Waals surface area contributed by atoms with Crippen molar-refractivity contribution >= 4 is 6.29 Å². The molecule has 0 atom stereocenters. The lowest BCUT2D eigenvalue weighted by atomic mass is 9.75. The zero-order valence-electron chi connectivity index (χ0n) is 10.8. The average molecular weight is 218 g/mol. The summed E-state index contributed by atoms with van der Waals surface area (Å²) in [6, 6.07) is 0. The van der Waals surface area contributed by atoms with Crippen LogP contribution in [0.1, 0.15) is 47.0 Å². The highest BCUT2D eigenvalue weighted by atomic mass is 16.1. The second kappa shape index (κ2) is 5.29. The fourth-order valence-corrected chi connectivity index (χ4v) is 2.06. The third kappa shape index (κ3) is 3.19. The van der Waals surface area contributed by atoms with Crippen LogP contribution in [-0.4, -0.2) is 6.29 Å². The number of carbonyl (C=O) groups excluding carboxylic acids is 1. The van der Waals surface area contributed by atoms with Crippen molar-refractivity contribution in [2.24, 2.45) is 5.41 Å². The number of carbonyl (C=O) groups is 1. The van der Waals surface area contributed by atoms with Crippen LogP contribution in [0.2, 0.25) is 0 Å². The van der Waals surface area contributed by atoms with Crippen molar-refractivity contribution in [3.63, 3.8) is 0 Å². The second-order valence-corrected chi connectivity index (χ2v) is 5.25. The van der Waals surface area contributed by atoms with Gasteiger partial charge in [-0.3, -0.25) is 4.79 Å². The van der Waals surface area contributed by atoms with E-state index in [2.05, 4.69) is 32.9 Å². The number of hydrogen-bond donors (Lipinski definition) is 0. The van der Waals surface area contributed by atoms with Gasteiger partial charge in [0.1, 0.15) is 6.29 Å². The van der Waals surface area contributed by atoms with Gasteiger partial charge >= 0.3 is 0 Å². The molecule has 0 aromatic rings. The van der Waals surface area contributed by atoms with Crippen LogP contribution >= 0.6 is 0 Å². The van der Waals surface area contributed by atoms with Gasteiger partial charge in [-0.15, -0.1) is 0 Å². The molecule has 0 saturated carbocycles. The summed E-state index contributed by atoms with van der Waals surface area (Å²) in [6.07, 6.45) is 10.8. The van der Waals surface area contributed by atoms with Gasteiger partial charge in [-0.2, -0.15) is 0 Å². The third-order valence-electron chi connectivity index (χ3n) is 3.46. The zero-order valence-corrected chi connectivity index (χ0v) is 10.8. The molecule has 0 aliphatic heterocycles. The van der Waals surface area contributed by atoms with E-state index in [1.165, 1.54) is 30.4 Å². The fourth-order valence-electron chi connectivity index (χ4n) is 2.06. The number of aldehydes is 1. The SMILES string of the molecule is CC(=C/C=O)/C(C)=C/C1=CCCCC1(C)C. The van der Waals surface area contributed by atoms with Crippen LogP contribution < -0.4 is 0 Å². The average Bonchev–Trinajstić information content (AvgIpc) is 2.21. The molecular formula is C15H22O. The summed E-state index contributed by atoms with van der Waals surface area (Å²) in [7, 11) is 0. The van der Waals surface area contributed by atoms with Gasteiger partial charge in [0, 0.05) is 0 Å². The number of allylic oxidation sites excluding steroid dienone is 6. The fraction of sp³-hybridized carbons (Fsp3) is 0.533. The molecule has 1 aliphatic rings. The Labute approximate surface area is 98.9 Å². The van der Waals surface area contributed by atoms with E-state index in [9.17, 15) is 4.79 Å². The van der Waals surface area contributed by atoms with Crippen LogP contribution in [-0.2, 0) is 4.79 Å². The summed E-state index contributed by atoms with van der Waals surface area (Å²) in [5, 5.41) is 0. The standard InChI is InChI=1S/C15H22O/c1-12(8-10-16)13(2)11-14-7-5-6-9-15(14,3)4/h7-8,10-11H,5-6,9H2,1-4H3/b12-8-,13-11+. The quantitative estimate of drug-likeness (QED) is 0.394. The van der Waals surface area contributed by atoms with Crippen LogP contribution in [0.3, 0.4) is 0 Å². The van der Waals surface area contributed by atoms with E-state index in [-0.39, 0.29) is 5.41 Å². The molecular weight excluding hydrogens is 196 g/mol. The molecule has 1 heteroatoms. The van der Waals surface area contributed by atoms with Crippen molar-refractivity contribution in [2.75, 3.05) is 0 Å². The smallest absolute Gasteiger partial charge is 0.143 e. The minimum atomic E-state index is 0.279. The molecule has 0 unspecified atom stereocenters. The monoisotopic (exact) mass is 218 g/mol. The highest BCUT2D eigenvalue weighted by Crippen LogP contribution is 2.38.